The Hall–Kier alpha value is -2.61. The van der Waals surface area contributed by atoms with Gasteiger partial charge in [-0.15, -0.1) is 0 Å². The van der Waals surface area contributed by atoms with E-state index >= 15 is 0 Å². The van der Waals surface area contributed by atoms with Crippen molar-refractivity contribution in [1.29, 1.82) is 0 Å². The fourth-order valence-corrected chi connectivity index (χ4v) is 2.90. The summed E-state index contributed by atoms with van der Waals surface area (Å²) in [6.45, 7) is 3.95. The van der Waals surface area contributed by atoms with Gasteiger partial charge in [-0.3, -0.25) is 0 Å². The van der Waals surface area contributed by atoms with Crippen LogP contribution in [0.1, 0.15) is 5.82 Å². The summed E-state index contributed by atoms with van der Waals surface area (Å²) in [5, 5.41) is 0. The first-order valence-corrected chi connectivity index (χ1v) is 7.06. The van der Waals surface area contributed by atoms with Crippen LogP contribution in [0.2, 0.25) is 0 Å². The molecule has 3 aromatic rings. The molecule has 21 heavy (non-hydrogen) atoms. The highest BCUT2D eigenvalue weighted by Crippen LogP contribution is 2.30. The van der Waals surface area contributed by atoms with E-state index in [0.29, 0.717) is 0 Å². The smallest absolute Gasteiger partial charge is 0.226 e. The van der Waals surface area contributed by atoms with Gasteiger partial charge in [0.15, 0.2) is 11.4 Å². The van der Waals surface area contributed by atoms with Crippen LogP contribution in [0.4, 0.5) is 0 Å². The lowest BCUT2D eigenvalue weighted by Crippen LogP contribution is -2.32. The monoisotopic (exact) mass is 275 g/mol. The van der Waals surface area contributed by atoms with Gasteiger partial charge in [-0.05, 0) is 0 Å². The van der Waals surface area contributed by atoms with Crippen molar-refractivity contribution >= 4 is 6.08 Å². The predicted molar refractivity (Wildman–Crippen MR) is 87.6 cm³/mol. The zero-order chi connectivity index (χ0) is 14.8. The summed E-state index contributed by atoms with van der Waals surface area (Å²) in [4.78, 5) is 0. The molecule has 0 saturated heterocycles. The van der Waals surface area contributed by atoms with Crippen LogP contribution in [0.3, 0.4) is 0 Å². The molecule has 0 bridgehead atoms. The molecule has 3 rings (SSSR count). The molecule has 2 aromatic carbocycles. The number of nitrogens with zero attached hydrogens (tertiary/aromatic N) is 2. The molecule has 0 saturated carbocycles. The van der Waals surface area contributed by atoms with Crippen molar-refractivity contribution in [2.75, 3.05) is 0 Å². The molecule has 1 aromatic heterocycles. The lowest BCUT2D eigenvalue weighted by molar-refractivity contribution is -0.661. The molecular weight excluding hydrogens is 256 g/mol. The molecule has 1 heterocycles. The average Bonchev–Trinajstić information content (AvgIpc) is 2.79. The van der Waals surface area contributed by atoms with Crippen LogP contribution in [-0.4, -0.2) is 4.57 Å². The van der Waals surface area contributed by atoms with Gasteiger partial charge in [0.1, 0.15) is 0 Å². The first kappa shape index (κ1) is 13.4. The molecule has 104 valence electrons. The summed E-state index contributed by atoms with van der Waals surface area (Å²) < 4.78 is 4.40. The second-order valence-electron chi connectivity index (χ2n) is 5.11. The number of hydrogen-bond donors (Lipinski definition) is 0. The molecule has 2 heteroatoms. The minimum atomic E-state index is 1.09. The summed E-state index contributed by atoms with van der Waals surface area (Å²) in [6.07, 6.45) is 1.90. The number of aromatic nitrogens is 2. The molecule has 0 fully saturated rings. The summed E-state index contributed by atoms with van der Waals surface area (Å²) in [7, 11) is 4.18. The summed E-state index contributed by atoms with van der Waals surface area (Å²) in [6, 6.07) is 21.0. The number of hydrogen-bond acceptors (Lipinski definition) is 0. The summed E-state index contributed by atoms with van der Waals surface area (Å²) in [5.41, 5.74) is 4.84. The fraction of sp³-hybridized carbons (Fsp3) is 0.105. The van der Waals surface area contributed by atoms with Crippen molar-refractivity contribution < 1.29 is 4.57 Å². The highest BCUT2D eigenvalue weighted by molar-refractivity contribution is 5.77. The molecule has 0 atom stereocenters. The molecule has 2 nitrogen and oxygen atoms in total. The third kappa shape index (κ3) is 2.19. The van der Waals surface area contributed by atoms with Crippen molar-refractivity contribution in [2.24, 2.45) is 14.1 Å². The van der Waals surface area contributed by atoms with Crippen LogP contribution in [0.5, 0.6) is 0 Å². The molecule has 0 amide bonds. The third-order valence-corrected chi connectivity index (χ3v) is 3.86. The van der Waals surface area contributed by atoms with Crippen LogP contribution in [0.25, 0.3) is 28.6 Å². The molecular formula is C19H19N2+. The van der Waals surface area contributed by atoms with E-state index < -0.39 is 0 Å². The van der Waals surface area contributed by atoms with Crippen molar-refractivity contribution in [3.63, 3.8) is 0 Å². The highest BCUT2D eigenvalue weighted by Gasteiger charge is 2.26. The Bertz CT molecular complexity index is 705. The Morgan fingerprint density at radius 1 is 0.905 bits per heavy atom. The zero-order valence-corrected chi connectivity index (χ0v) is 12.5. The second kappa shape index (κ2) is 5.41. The topological polar surface area (TPSA) is 8.81 Å². The first-order valence-electron chi connectivity index (χ1n) is 7.06. The number of rotatable bonds is 3. The Morgan fingerprint density at radius 3 is 1.95 bits per heavy atom. The Morgan fingerprint density at radius 2 is 1.43 bits per heavy atom. The van der Waals surface area contributed by atoms with Gasteiger partial charge in [0, 0.05) is 17.2 Å². The minimum absolute atomic E-state index is 1.09. The SMILES string of the molecule is C=Cc1n(C)c(-c2ccccc2)c(-c2ccccc2)[n+]1C. The van der Waals surface area contributed by atoms with Crippen LogP contribution in [-0.2, 0) is 14.1 Å². The van der Waals surface area contributed by atoms with E-state index in [1.165, 1.54) is 22.5 Å². The van der Waals surface area contributed by atoms with Crippen molar-refractivity contribution in [3.05, 3.63) is 73.1 Å². The van der Waals surface area contributed by atoms with Crippen LogP contribution in [0, 0.1) is 0 Å². The fourth-order valence-electron chi connectivity index (χ4n) is 2.90. The largest absolute Gasteiger partial charge is 0.281 e. The lowest BCUT2D eigenvalue weighted by Gasteiger charge is -2.02. The van der Waals surface area contributed by atoms with Gasteiger partial charge < -0.3 is 0 Å². The van der Waals surface area contributed by atoms with Crippen LogP contribution < -0.4 is 4.57 Å². The molecule has 0 aliphatic heterocycles. The highest BCUT2D eigenvalue weighted by atomic mass is 15.2. The van der Waals surface area contributed by atoms with E-state index in [4.69, 9.17) is 0 Å². The maximum atomic E-state index is 3.95. The first-order chi connectivity index (χ1) is 10.2. The minimum Gasteiger partial charge on any atom is -0.226 e. The molecule has 0 radical (unpaired) electrons. The van der Waals surface area contributed by atoms with Gasteiger partial charge in [-0.1, -0.05) is 67.2 Å². The van der Waals surface area contributed by atoms with E-state index in [1.54, 1.807) is 0 Å². The maximum Gasteiger partial charge on any atom is 0.281 e. The van der Waals surface area contributed by atoms with Gasteiger partial charge in [-0.25, -0.2) is 9.13 Å². The van der Waals surface area contributed by atoms with E-state index in [1.807, 2.05) is 18.2 Å². The van der Waals surface area contributed by atoms with E-state index in [0.717, 1.165) is 5.82 Å². The second-order valence-corrected chi connectivity index (χ2v) is 5.11. The van der Waals surface area contributed by atoms with Gasteiger partial charge >= 0.3 is 0 Å². The van der Waals surface area contributed by atoms with Crippen molar-refractivity contribution in [3.8, 4) is 22.5 Å². The quantitative estimate of drug-likeness (QED) is 0.642. The molecule has 0 unspecified atom stereocenters. The Balaban J connectivity index is 2.36. The normalized spacial score (nSPS) is 10.6. The number of benzene rings is 2. The van der Waals surface area contributed by atoms with E-state index in [-0.39, 0.29) is 0 Å². The standard InChI is InChI=1S/C19H19N2/c1-4-17-20(2)18(15-11-7-5-8-12-15)19(21(17)3)16-13-9-6-10-14-16/h4-14H,1H2,2-3H3/q+1. The van der Waals surface area contributed by atoms with Crippen molar-refractivity contribution in [2.45, 2.75) is 0 Å². The van der Waals surface area contributed by atoms with Crippen LogP contribution >= 0.6 is 0 Å². The average molecular weight is 275 g/mol. The van der Waals surface area contributed by atoms with Gasteiger partial charge in [0.2, 0.25) is 0 Å². The van der Waals surface area contributed by atoms with Crippen LogP contribution in [0.15, 0.2) is 67.2 Å². The lowest BCUT2D eigenvalue weighted by atomic mass is 10.0. The Labute approximate surface area is 125 Å². The van der Waals surface area contributed by atoms with Gasteiger partial charge in [-0.2, -0.15) is 0 Å². The molecule has 0 aliphatic rings. The van der Waals surface area contributed by atoms with Gasteiger partial charge in [0.05, 0.1) is 14.1 Å². The Kier molecular flexibility index (Phi) is 3.44. The maximum absolute atomic E-state index is 3.95. The molecule has 0 spiro atoms. The molecule has 0 aliphatic carbocycles. The molecule has 0 N–H and O–H groups in total. The number of imidazole rings is 1. The predicted octanol–water partition coefficient (Wildman–Crippen LogP) is 3.83. The summed E-state index contributed by atoms with van der Waals surface area (Å²) >= 11 is 0. The van der Waals surface area contributed by atoms with E-state index in [9.17, 15) is 0 Å². The van der Waals surface area contributed by atoms with Gasteiger partial charge in [0.25, 0.3) is 5.82 Å². The van der Waals surface area contributed by atoms with E-state index in [2.05, 4.69) is 78.3 Å². The third-order valence-electron chi connectivity index (χ3n) is 3.86. The van der Waals surface area contributed by atoms with Crippen molar-refractivity contribution in [1.82, 2.24) is 4.57 Å². The zero-order valence-electron chi connectivity index (χ0n) is 12.5. The summed E-state index contributed by atoms with van der Waals surface area (Å²) in [5.74, 6) is 1.09.